The predicted molar refractivity (Wildman–Crippen MR) is 122 cm³/mol. The molecule has 1 aromatic carbocycles. The van der Waals surface area contributed by atoms with Crippen LogP contribution < -0.4 is 5.43 Å². The summed E-state index contributed by atoms with van der Waals surface area (Å²) in [5.74, 6) is 0. The molecule has 0 fully saturated rings. The van der Waals surface area contributed by atoms with E-state index in [-0.39, 0.29) is 16.6 Å². The Balaban J connectivity index is 1.91. The van der Waals surface area contributed by atoms with E-state index in [1.54, 1.807) is 41.9 Å². The molecule has 5 nitrogen and oxygen atoms in total. The van der Waals surface area contributed by atoms with Gasteiger partial charge in [0.25, 0.3) is 0 Å². The van der Waals surface area contributed by atoms with Crippen molar-refractivity contribution in [2.45, 2.75) is 26.9 Å². The summed E-state index contributed by atoms with van der Waals surface area (Å²) in [4.78, 5) is 21.3. The molecule has 0 N–H and O–H groups in total. The molecular formula is C24H18ClF3N4O. The number of rotatable bonds is 3. The Labute approximate surface area is 192 Å². The largest absolute Gasteiger partial charge is 0.433 e. The lowest BCUT2D eigenvalue weighted by molar-refractivity contribution is -0.141. The van der Waals surface area contributed by atoms with Crippen LogP contribution in [0.15, 0.2) is 53.5 Å². The molecule has 4 aromatic rings. The third-order valence-corrected chi connectivity index (χ3v) is 5.46. The minimum absolute atomic E-state index is 0.133. The van der Waals surface area contributed by atoms with Crippen molar-refractivity contribution >= 4 is 34.3 Å². The topological polar surface area (TPSA) is 60.7 Å². The number of pyridine rings is 2. The summed E-state index contributed by atoms with van der Waals surface area (Å²) in [5, 5.41) is 5.13. The smallest absolute Gasteiger partial charge is 0.285 e. The summed E-state index contributed by atoms with van der Waals surface area (Å²) in [7, 11) is 0. The fourth-order valence-corrected chi connectivity index (χ4v) is 3.47. The van der Waals surface area contributed by atoms with E-state index in [0.29, 0.717) is 33.1 Å². The van der Waals surface area contributed by atoms with Gasteiger partial charge in [0.05, 0.1) is 11.2 Å². The van der Waals surface area contributed by atoms with Crippen LogP contribution in [0.5, 0.6) is 0 Å². The minimum Gasteiger partial charge on any atom is -0.285 e. The standard InChI is InChI=1S/C24H18ClF3N4O/c1-13-11-19-22(30-15(13)3)23(33)21(31-32(19)18-7-5-17(25)6-8-18)14(2)10-16-4-9-20(29-12-16)24(26,27)28/h4-12H,1-3H3/b14-10+. The molecule has 168 valence electrons. The lowest BCUT2D eigenvalue weighted by Crippen LogP contribution is -2.19. The second kappa shape index (κ2) is 8.44. The van der Waals surface area contributed by atoms with Gasteiger partial charge in [0.1, 0.15) is 16.9 Å². The fourth-order valence-electron chi connectivity index (χ4n) is 3.34. The lowest BCUT2D eigenvalue weighted by Gasteiger charge is -2.14. The Bertz CT molecular complexity index is 1440. The monoisotopic (exact) mass is 470 g/mol. The van der Waals surface area contributed by atoms with Gasteiger partial charge >= 0.3 is 6.18 Å². The molecule has 0 aliphatic rings. The van der Waals surface area contributed by atoms with Crippen LogP contribution in [0, 0.1) is 13.8 Å². The van der Waals surface area contributed by atoms with Crippen molar-refractivity contribution in [3.05, 3.63) is 92.1 Å². The molecule has 0 spiro atoms. The van der Waals surface area contributed by atoms with E-state index in [4.69, 9.17) is 11.6 Å². The first-order chi connectivity index (χ1) is 15.5. The molecule has 3 heterocycles. The molecular weight excluding hydrogens is 453 g/mol. The number of nitrogens with zero attached hydrogens (tertiary/aromatic N) is 4. The van der Waals surface area contributed by atoms with Crippen molar-refractivity contribution in [3.63, 3.8) is 0 Å². The van der Waals surface area contributed by atoms with E-state index in [9.17, 15) is 18.0 Å². The number of hydrogen-bond acceptors (Lipinski definition) is 4. The maximum absolute atomic E-state index is 13.3. The van der Waals surface area contributed by atoms with Gasteiger partial charge in [-0.2, -0.15) is 18.3 Å². The van der Waals surface area contributed by atoms with Crippen LogP contribution >= 0.6 is 11.6 Å². The van der Waals surface area contributed by atoms with Gasteiger partial charge in [-0.25, -0.2) is 9.67 Å². The van der Waals surface area contributed by atoms with E-state index in [2.05, 4.69) is 15.1 Å². The number of aromatic nitrogens is 4. The van der Waals surface area contributed by atoms with Crippen LogP contribution in [0.25, 0.3) is 28.4 Å². The molecule has 0 bridgehead atoms. The molecule has 33 heavy (non-hydrogen) atoms. The van der Waals surface area contributed by atoms with Crippen molar-refractivity contribution in [2.75, 3.05) is 0 Å². The number of halogens is 4. The van der Waals surface area contributed by atoms with Crippen molar-refractivity contribution in [1.82, 2.24) is 19.7 Å². The zero-order valence-corrected chi connectivity index (χ0v) is 18.7. The average molecular weight is 471 g/mol. The molecule has 0 atom stereocenters. The first-order valence-electron chi connectivity index (χ1n) is 9.94. The molecule has 3 aromatic heterocycles. The van der Waals surface area contributed by atoms with E-state index in [0.717, 1.165) is 17.8 Å². The summed E-state index contributed by atoms with van der Waals surface area (Å²) < 4.78 is 40.0. The Morgan fingerprint density at radius 1 is 1.09 bits per heavy atom. The van der Waals surface area contributed by atoms with Crippen molar-refractivity contribution in [1.29, 1.82) is 0 Å². The van der Waals surface area contributed by atoms with Gasteiger partial charge in [0.2, 0.25) is 5.43 Å². The van der Waals surface area contributed by atoms with Crippen molar-refractivity contribution < 1.29 is 13.2 Å². The maximum Gasteiger partial charge on any atom is 0.433 e. The van der Waals surface area contributed by atoms with Gasteiger partial charge in [-0.05, 0) is 79.9 Å². The number of hydrogen-bond donors (Lipinski definition) is 0. The summed E-state index contributed by atoms with van der Waals surface area (Å²) in [5.41, 5.74) is 2.74. The van der Waals surface area contributed by atoms with Gasteiger partial charge in [0, 0.05) is 16.9 Å². The van der Waals surface area contributed by atoms with E-state index in [1.165, 1.54) is 6.07 Å². The quantitative estimate of drug-likeness (QED) is 0.367. The first-order valence-corrected chi connectivity index (χ1v) is 10.3. The van der Waals surface area contributed by atoms with Crippen LogP contribution in [0.4, 0.5) is 13.2 Å². The molecule has 9 heteroatoms. The lowest BCUT2D eigenvalue weighted by atomic mass is 10.1. The van der Waals surface area contributed by atoms with E-state index < -0.39 is 11.9 Å². The molecule has 0 saturated heterocycles. The third kappa shape index (κ3) is 4.52. The van der Waals surface area contributed by atoms with Gasteiger partial charge in [0.15, 0.2) is 0 Å². The maximum atomic E-state index is 13.3. The zero-order chi connectivity index (χ0) is 23.9. The van der Waals surface area contributed by atoms with Gasteiger partial charge < -0.3 is 0 Å². The average Bonchev–Trinajstić information content (AvgIpc) is 2.76. The predicted octanol–water partition coefficient (Wildman–Crippen LogP) is 6.03. The van der Waals surface area contributed by atoms with Crippen LogP contribution in [-0.4, -0.2) is 19.7 Å². The van der Waals surface area contributed by atoms with E-state index in [1.807, 2.05) is 19.9 Å². The van der Waals surface area contributed by atoms with Gasteiger partial charge in [-0.3, -0.25) is 9.78 Å². The number of alkyl halides is 3. The molecule has 0 aliphatic heterocycles. The minimum atomic E-state index is -4.52. The summed E-state index contributed by atoms with van der Waals surface area (Å²) in [6.45, 7) is 5.38. The normalized spacial score (nSPS) is 12.4. The summed E-state index contributed by atoms with van der Waals surface area (Å²) in [6, 6.07) is 11.0. The Kier molecular flexibility index (Phi) is 5.80. The van der Waals surface area contributed by atoms with Crippen molar-refractivity contribution in [2.24, 2.45) is 0 Å². The fraction of sp³-hybridized carbons (Fsp3) is 0.167. The Morgan fingerprint density at radius 2 is 1.79 bits per heavy atom. The highest BCUT2D eigenvalue weighted by Crippen LogP contribution is 2.28. The van der Waals surface area contributed by atoms with Crippen LogP contribution in [0.2, 0.25) is 5.02 Å². The number of benzene rings is 1. The second-order valence-electron chi connectivity index (χ2n) is 7.63. The number of allylic oxidation sites excluding steroid dienone is 1. The van der Waals surface area contributed by atoms with E-state index >= 15 is 0 Å². The van der Waals surface area contributed by atoms with Gasteiger partial charge in [-0.1, -0.05) is 17.7 Å². The number of aryl methyl sites for hydroxylation is 2. The number of fused-ring (bicyclic) bond motifs is 1. The van der Waals surface area contributed by atoms with Gasteiger partial charge in [-0.15, -0.1) is 0 Å². The zero-order valence-electron chi connectivity index (χ0n) is 17.9. The molecule has 0 amide bonds. The van der Waals surface area contributed by atoms with Crippen molar-refractivity contribution in [3.8, 4) is 5.69 Å². The van der Waals surface area contributed by atoms with Crippen LogP contribution in [-0.2, 0) is 6.18 Å². The third-order valence-electron chi connectivity index (χ3n) is 5.21. The molecule has 4 rings (SSSR count). The SMILES string of the molecule is C/C(=C\c1ccc(C(F)(F)F)nc1)c1nn(-c2ccc(Cl)cc2)c2cc(C)c(C)nc2c1=O. The second-order valence-corrected chi connectivity index (χ2v) is 8.06. The highest BCUT2D eigenvalue weighted by Gasteiger charge is 2.31. The van der Waals surface area contributed by atoms with Crippen LogP contribution in [0.3, 0.4) is 0 Å². The molecule has 0 saturated carbocycles. The summed E-state index contributed by atoms with van der Waals surface area (Å²) >= 11 is 6.02. The first kappa shape index (κ1) is 22.7. The summed E-state index contributed by atoms with van der Waals surface area (Å²) in [6.07, 6.45) is -1.85. The Hall–Kier alpha value is -3.52. The highest BCUT2D eigenvalue weighted by molar-refractivity contribution is 6.30. The highest BCUT2D eigenvalue weighted by atomic mass is 35.5. The molecule has 0 radical (unpaired) electrons. The molecule has 0 aliphatic carbocycles. The Morgan fingerprint density at radius 3 is 2.39 bits per heavy atom. The molecule has 0 unspecified atom stereocenters. The van der Waals surface area contributed by atoms with Crippen LogP contribution in [0.1, 0.15) is 35.1 Å².